The number of aromatic nitrogens is 3. The van der Waals surface area contributed by atoms with E-state index in [1.54, 1.807) is 30.3 Å². The van der Waals surface area contributed by atoms with Gasteiger partial charge in [-0.1, -0.05) is 12.1 Å². The Labute approximate surface area is 143 Å². The van der Waals surface area contributed by atoms with Crippen molar-refractivity contribution in [2.24, 2.45) is 0 Å². The van der Waals surface area contributed by atoms with E-state index in [-0.39, 0.29) is 24.1 Å². The normalized spacial score (nSPS) is 13.0. The molecular formula is C17H14ClFN4O. The molecule has 1 aromatic carbocycles. The third kappa shape index (κ3) is 2.76. The molecular weight excluding hydrogens is 331 g/mol. The largest absolute Gasteiger partial charge is 0.356 e. The minimum Gasteiger partial charge on any atom is -0.356 e. The Kier molecular flexibility index (Phi) is 4.31. The lowest BCUT2D eigenvalue weighted by atomic mass is 10.1. The summed E-state index contributed by atoms with van der Waals surface area (Å²) in [5, 5.41) is 2.81. The molecule has 24 heavy (non-hydrogen) atoms. The van der Waals surface area contributed by atoms with Gasteiger partial charge in [0.1, 0.15) is 12.1 Å². The van der Waals surface area contributed by atoms with Crippen LogP contribution in [0.25, 0.3) is 22.6 Å². The summed E-state index contributed by atoms with van der Waals surface area (Å²) in [6.45, 7) is 0.621. The molecule has 0 aliphatic carbocycles. The van der Waals surface area contributed by atoms with Crippen LogP contribution in [0.15, 0.2) is 42.7 Å². The average Bonchev–Trinajstić information content (AvgIpc) is 3.01. The molecule has 0 bridgehead atoms. The molecule has 3 heterocycles. The molecule has 0 spiro atoms. The van der Waals surface area contributed by atoms with E-state index < -0.39 is 0 Å². The summed E-state index contributed by atoms with van der Waals surface area (Å²) in [6, 6.07) is 9.96. The molecule has 1 aliphatic heterocycles. The van der Waals surface area contributed by atoms with Crippen LogP contribution in [0.3, 0.4) is 0 Å². The number of halogens is 2. The quantitative estimate of drug-likeness (QED) is 0.750. The minimum absolute atomic E-state index is 0. The number of nitrogens with zero attached hydrogens (tertiary/aromatic N) is 2. The monoisotopic (exact) mass is 344 g/mol. The fraction of sp³-hybridized carbons (Fsp3) is 0.118. The van der Waals surface area contributed by atoms with E-state index in [2.05, 4.69) is 20.3 Å². The lowest BCUT2D eigenvalue weighted by Crippen LogP contribution is -2.31. The van der Waals surface area contributed by atoms with Crippen LogP contribution >= 0.6 is 12.4 Å². The van der Waals surface area contributed by atoms with Gasteiger partial charge in [0.05, 0.1) is 22.6 Å². The van der Waals surface area contributed by atoms with Crippen LogP contribution in [0.2, 0.25) is 0 Å². The number of aromatic amines is 1. The van der Waals surface area contributed by atoms with Crippen molar-refractivity contribution in [1.82, 2.24) is 20.3 Å². The summed E-state index contributed by atoms with van der Waals surface area (Å²) in [7, 11) is 0. The standard InChI is InChI=1S/C17H13FN4O.ClH/c18-12-4-2-1-3-10(12)14-8-15(21-9-20-14)16-7-11-13(22-16)5-6-19-17(11)23;/h1-4,7-9,22H,5-6H2,(H,19,23);1H. The third-order valence-electron chi connectivity index (χ3n) is 3.90. The van der Waals surface area contributed by atoms with Crippen molar-refractivity contribution in [3.05, 3.63) is 59.8 Å². The van der Waals surface area contributed by atoms with Gasteiger partial charge in [0.25, 0.3) is 5.91 Å². The number of fused-ring (bicyclic) bond motifs is 1. The van der Waals surface area contributed by atoms with Crippen LogP contribution in [-0.4, -0.2) is 27.4 Å². The zero-order valence-corrected chi connectivity index (χ0v) is 13.4. The van der Waals surface area contributed by atoms with Crippen LogP contribution in [0.5, 0.6) is 0 Å². The number of amides is 1. The van der Waals surface area contributed by atoms with Crippen molar-refractivity contribution in [3.8, 4) is 22.6 Å². The predicted molar refractivity (Wildman–Crippen MR) is 90.5 cm³/mol. The Morgan fingerprint density at radius 2 is 1.83 bits per heavy atom. The third-order valence-corrected chi connectivity index (χ3v) is 3.90. The molecule has 0 atom stereocenters. The van der Waals surface area contributed by atoms with E-state index in [1.165, 1.54) is 12.4 Å². The molecule has 0 unspecified atom stereocenters. The van der Waals surface area contributed by atoms with Gasteiger partial charge in [0.15, 0.2) is 0 Å². The molecule has 0 saturated carbocycles. The van der Waals surface area contributed by atoms with E-state index >= 15 is 0 Å². The maximum absolute atomic E-state index is 13.9. The van der Waals surface area contributed by atoms with Gasteiger partial charge in [-0.3, -0.25) is 4.79 Å². The van der Waals surface area contributed by atoms with Gasteiger partial charge >= 0.3 is 0 Å². The van der Waals surface area contributed by atoms with E-state index in [0.29, 0.717) is 29.1 Å². The van der Waals surface area contributed by atoms with Crippen molar-refractivity contribution in [2.45, 2.75) is 6.42 Å². The second kappa shape index (κ2) is 6.41. The Morgan fingerprint density at radius 1 is 1.04 bits per heavy atom. The van der Waals surface area contributed by atoms with Crippen LogP contribution in [-0.2, 0) is 6.42 Å². The van der Waals surface area contributed by atoms with E-state index in [0.717, 1.165) is 17.8 Å². The molecule has 5 nitrogen and oxygen atoms in total. The van der Waals surface area contributed by atoms with E-state index in [9.17, 15) is 9.18 Å². The van der Waals surface area contributed by atoms with E-state index in [4.69, 9.17) is 0 Å². The highest BCUT2D eigenvalue weighted by Crippen LogP contribution is 2.26. The van der Waals surface area contributed by atoms with Gasteiger partial charge in [-0.15, -0.1) is 12.4 Å². The number of nitrogens with one attached hydrogen (secondary N) is 2. The minimum atomic E-state index is -0.331. The Hall–Kier alpha value is -2.73. The number of H-pyrrole nitrogens is 1. The van der Waals surface area contributed by atoms with Gasteiger partial charge in [-0.2, -0.15) is 0 Å². The van der Waals surface area contributed by atoms with Crippen LogP contribution in [0.4, 0.5) is 4.39 Å². The van der Waals surface area contributed by atoms with Gasteiger partial charge in [-0.25, -0.2) is 14.4 Å². The lowest BCUT2D eigenvalue weighted by molar-refractivity contribution is 0.0946. The van der Waals surface area contributed by atoms with Crippen LogP contribution in [0.1, 0.15) is 16.1 Å². The smallest absolute Gasteiger partial charge is 0.253 e. The van der Waals surface area contributed by atoms with Gasteiger partial charge in [0.2, 0.25) is 0 Å². The zero-order valence-electron chi connectivity index (χ0n) is 12.5. The van der Waals surface area contributed by atoms with Gasteiger partial charge in [-0.05, 0) is 24.3 Å². The maximum atomic E-state index is 13.9. The fourth-order valence-corrected chi connectivity index (χ4v) is 2.75. The molecule has 2 aromatic heterocycles. The highest BCUT2D eigenvalue weighted by Gasteiger charge is 2.20. The first kappa shape index (κ1) is 16.1. The highest BCUT2D eigenvalue weighted by atomic mass is 35.5. The molecule has 1 amide bonds. The first-order chi connectivity index (χ1) is 11.2. The Bertz CT molecular complexity index is 909. The second-order valence-corrected chi connectivity index (χ2v) is 5.35. The summed E-state index contributed by atoms with van der Waals surface area (Å²) in [4.78, 5) is 23.5. The molecule has 4 rings (SSSR count). The topological polar surface area (TPSA) is 70.7 Å². The Balaban J connectivity index is 0.00000169. The lowest BCUT2D eigenvalue weighted by Gasteiger charge is -2.10. The first-order valence-electron chi connectivity index (χ1n) is 7.30. The second-order valence-electron chi connectivity index (χ2n) is 5.35. The molecule has 2 N–H and O–H groups in total. The zero-order chi connectivity index (χ0) is 15.8. The number of carbonyl (C=O) groups excluding carboxylic acids is 1. The van der Waals surface area contributed by atoms with Crippen LogP contribution in [0, 0.1) is 5.82 Å². The van der Waals surface area contributed by atoms with Crippen molar-refractivity contribution in [2.75, 3.05) is 6.54 Å². The van der Waals surface area contributed by atoms with Crippen molar-refractivity contribution in [1.29, 1.82) is 0 Å². The number of rotatable bonds is 2. The molecule has 7 heteroatoms. The number of benzene rings is 1. The van der Waals surface area contributed by atoms with Gasteiger partial charge < -0.3 is 10.3 Å². The molecule has 0 fully saturated rings. The average molecular weight is 345 g/mol. The predicted octanol–water partition coefficient (Wildman–Crippen LogP) is 2.99. The van der Waals surface area contributed by atoms with Crippen molar-refractivity contribution < 1.29 is 9.18 Å². The molecule has 0 saturated heterocycles. The van der Waals surface area contributed by atoms with E-state index in [1.807, 2.05) is 0 Å². The summed E-state index contributed by atoms with van der Waals surface area (Å²) in [6.07, 6.45) is 2.16. The highest BCUT2D eigenvalue weighted by molar-refractivity contribution is 5.97. The van der Waals surface area contributed by atoms with Gasteiger partial charge in [0, 0.05) is 24.2 Å². The summed E-state index contributed by atoms with van der Waals surface area (Å²) >= 11 is 0. The number of hydrogen-bond acceptors (Lipinski definition) is 3. The van der Waals surface area contributed by atoms with Crippen LogP contribution < -0.4 is 5.32 Å². The SMILES string of the molecule is Cl.O=C1NCCc2[nH]c(-c3cc(-c4ccccc4F)ncn3)cc21. The van der Waals surface area contributed by atoms with Crippen molar-refractivity contribution in [3.63, 3.8) is 0 Å². The summed E-state index contributed by atoms with van der Waals surface area (Å²) < 4.78 is 13.9. The number of carbonyl (C=O) groups is 1. The first-order valence-corrected chi connectivity index (χ1v) is 7.30. The molecule has 3 aromatic rings. The molecule has 122 valence electrons. The fourth-order valence-electron chi connectivity index (χ4n) is 2.75. The summed E-state index contributed by atoms with van der Waals surface area (Å²) in [5.74, 6) is -0.417. The number of hydrogen-bond donors (Lipinski definition) is 2. The van der Waals surface area contributed by atoms with Crippen molar-refractivity contribution >= 4 is 18.3 Å². The Morgan fingerprint density at radius 3 is 2.62 bits per heavy atom. The summed E-state index contributed by atoms with van der Waals surface area (Å²) in [5.41, 5.74) is 3.81. The maximum Gasteiger partial charge on any atom is 0.253 e. The molecule has 0 radical (unpaired) electrons. The molecule has 1 aliphatic rings.